The van der Waals surface area contributed by atoms with Crippen LogP contribution in [0.1, 0.15) is 37.0 Å². The van der Waals surface area contributed by atoms with Gasteiger partial charge in [-0.3, -0.25) is 4.79 Å². The molecule has 0 atom stereocenters. The minimum absolute atomic E-state index is 0.116. The first kappa shape index (κ1) is 13.4. The van der Waals surface area contributed by atoms with Gasteiger partial charge in [0.25, 0.3) is 5.91 Å². The van der Waals surface area contributed by atoms with E-state index in [2.05, 4.69) is 0 Å². The maximum atomic E-state index is 12.2. The molecule has 1 aromatic carbocycles. The molecule has 4 heteroatoms. The molecule has 1 aromatic rings. The van der Waals surface area contributed by atoms with E-state index in [0.717, 1.165) is 12.8 Å². The summed E-state index contributed by atoms with van der Waals surface area (Å²) in [5.74, 6) is -0.270. The molecular weight excluding hydrogens is 216 g/mol. The maximum absolute atomic E-state index is 12.2. The third-order valence-corrected chi connectivity index (χ3v) is 2.57. The van der Waals surface area contributed by atoms with Crippen LogP contribution in [0.5, 0.6) is 5.75 Å². The number of nitrogens with two attached hydrogens (primary N) is 1. The molecule has 0 heterocycles. The summed E-state index contributed by atoms with van der Waals surface area (Å²) in [4.78, 5) is 14.0. The van der Waals surface area contributed by atoms with Crippen LogP contribution >= 0.6 is 0 Å². The predicted octanol–water partition coefficient (Wildman–Crippen LogP) is 2.24. The number of amides is 1. The molecule has 3 N–H and O–H groups in total. The van der Waals surface area contributed by atoms with Crippen molar-refractivity contribution in [1.29, 1.82) is 0 Å². The molecule has 94 valence electrons. The second kappa shape index (κ2) is 6.13. The Morgan fingerprint density at radius 3 is 2.41 bits per heavy atom. The number of nitrogen functional groups attached to an aromatic ring is 1. The van der Waals surface area contributed by atoms with Crippen LogP contribution in [0, 0.1) is 0 Å². The number of nitrogens with zero attached hydrogens (tertiary/aromatic N) is 1. The van der Waals surface area contributed by atoms with Gasteiger partial charge in [-0.05, 0) is 25.0 Å². The van der Waals surface area contributed by atoms with E-state index in [-0.39, 0.29) is 22.9 Å². The summed E-state index contributed by atoms with van der Waals surface area (Å²) in [6.07, 6.45) is 1.80. The number of carbonyl (C=O) groups is 1. The fourth-order valence-electron chi connectivity index (χ4n) is 1.76. The third-order valence-electron chi connectivity index (χ3n) is 2.57. The summed E-state index contributed by atoms with van der Waals surface area (Å²) in [6.45, 7) is 5.44. The number of hydrogen-bond acceptors (Lipinski definition) is 3. The highest BCUT2D eigenvalue weighted by molar-refractivity contribution is 5.98. The highest BCUT2D eigenvalue weighted by Gasteiger charge is 2.18. The lowest BCUT2D eigenvalue weighted by Crippen LogP contribution is -2.32. The van der Waals surface area contributed by atoms with Gasteiger partial charge in [0.15, 0.2) is 5.75 Å². The van der Waals surface area contributed by atoms with Crippen LogP contribution in [0.25, 0.3) is 0 Å². The molecule has 0 radical (unpaired) electrons. The summed E-state index contributed by atoms with van der Waals surface area (Å²) in [6, 6.07) is 4.86. The molecule has 0 saturated heterocycles. The number of aromatic hydroxyl groups is 1. The van der Waals surface area contributed by atoms with Crippen molar-refractivity contribution in [2.24, 2.45) is 0 Å². The SMILES string of the molecule is CCCN(CCC)C(=O)c1cccc(N)c1O. The van der Waals surface area contributed by atoms with Crippen molar-refractivity contribution in [3.63, 3.8) is 0 Å². The Morgan fingerprint density at radius 1 is 1.29 bits per heavy atom. The van der Waals surface area contributed by atoms with Gasteiger partial charge in [-0.25, -0.2) is 0 Å². The molecule has 0 unspecified atom stereocenters. The van der Waals surface area contributed by atoms with Crippen LogP contribution in [-0.2, 0) is 0 Å². The molecule has 0 saturated carbocycles. The molecule has 0 aliphatic heterocycles. The Hall–Kier alpha value is -1.71. The van der Waals surface area contributed by atoms with E-state index in [1.807, 2.05) is 13.8 Å². The summed E-state index contributed by atoms with van der Waals surface area (Å²) in [7, 11) is 0. The molecule has 0 aliphatic rings. The van der Waals surface area contributed by atoms with Crippen LogP contribution in [0.4, 0.5) is 5.69 Å². The molecule has 0 aliphatic carbocycles. The minimum atomic E-state index is -0.154. The number of hydrogen-bond donors (Lipinski definition) is 2. The lowest BCUT2D eigenvalue weighted by molar-refractivity contribution is 0.0752. The lowest BCUT2D eigenvalue weighted by atomic mass is 10.1. The monoisotopic (exact) mass is 236 g/mol. The van der Waals surface area contributed by atoms with Gasteiger partial charge in [-0.1, -0.05) is 19.9 Å². The van der Waals surface area contributed by atoms with E-state index < -0.39 is 0 Å². The van der Waals surface area contributed by atoms with E-state index in [4.69, 9.17) is 5.73 Å². The largest absolute Gasteiger partial charge is 0.505 e. The first-order valence-electron chi connectivity index (χ1n) is 5.98. The normalized spacial score (nSPS) is 10.2. The molecule has 1 amide bonds. The fraction of sp³-hybridized carbons (Fsp3) is 0.462. The first-order chi connectivity index (χ1) is 8.11. The average molecular weight is 236 g/mol. The van der Waals surface area contributed by atoms with Crippen molar-refractivity contribution in [2.75, 3.05) is 18.8 Å². The Bertz CT molecular complexity index is 385. The number of phenols is 1. The number of carbonyl (C=O) groups excluding carboxylic acids is 1. The van der Waals surface area contributed by atoms with E-state index >= 15 is 0 Å². The second-order valence-electron chi connectivity index (χ2n) is 4.04. The third kappa shape index (κ3) is 3.12. The number of phenolic OH excluding ortho intramolecular Hbond substituents is 1. The van der Waals surface area contributed by atoms with Crippen LogP contribution in [-0.4, -0.2) is 29.0 Å². The Balaban J connectivity index is 2.96. The number of rotatable bonds is 5. The van der Waals surface area contributed by atoms with Gasteiger partial charge in [-0.15, -0.1) is 0 Å². The molecular formula is C13H20N2O2. The molecule has 0 bridgehead atoms. The Morgan fingerprint density at radius 2 is 1.88 bits per heavy atom. The summed E-state index contributed by atoms with van der Waals surface area (Å²) < 4.78 is 0. The summed E-state index contributed by atoms with van der Waals surface area (Å²) in [5.41, 5.74) is 6.11. The zero-order chi connectivity index (χ0) is 12.8. The van der Waals surface area contributed by atoms with Gasteiger partial charge in [0.2, 0.25) is 0 Å². The number of para-hydroxylation sites is 1. The van der Waals surface area contributed by atoms with Gasteiger partial charge >= 0.3 is 0 Å². The highest BCUT2D eigenvalue weighted by atomic mass is 16.3. The van der Waals surface area contributed by atoms with Gasteiger partial charge in [0.05, 0.1) is 11.3 Å². The molecule has 4 nitrogen and oxygen atoms in total. The van der Waals surface area contributed by atoms with Crippen molar-refractivity contribution < 1.29 is 9.90 Å². The number of anilines is 1. The molecule has 0 aromatic heterocycles. The maximum Gasteiger partial charge on any atom is 0.257 e. The Kier molecular flexibility index (Phi) is 4.82. The minimum Gasteiger partial charge on any atom is -0.505 e. The molecule has 17 heavy (non-hydrogen) atoms. The molecule has 1 rings (SSSR count). The summed E-state index contributed by atoms with van der Waals surface area (Å²) in [5, 5.41) is 9.78. The molecule has 0 fully saturated rings. The topological polar surface area (TPSA) is 66.6 Å². The standard InChI is InChI=1S/C13H20N2O2/c1-3-8-15(9-4-2)13(17)10-6-5-7-11(14)12(10)16/h5-7,16H,3-4,8-9,14H2,1-2H3. The predicted molar refractivity (Wildman–Crippen MR) is 69.0 cm³/mol. The van der Waals surface area contributed by atoms with Gasteiger partial charge in [0.1, 0.15) is 0 Å². The average Bonchev–Trinajstić information content (AvgIpc) is 2.31. The fourth-order valence-corrected chi connectivity index (χ4v) is 1.76. The van der Waals surface area contributed by atoms with E-state index in [1.54, 1.807) is 23.1 Å². The van der Waals surface area contributed by atoms with Gasteiger partial charge in [-0.2, -0.15) is 0 Å². The van der Waals surface area contributed by atoms with Crippen LogP contribution in [0.3, 0.4) is 0 Å². The zero-order valence-electron chi connectivity index (χ0n) is 10.4. The van der Waals surface area contributed by atoms with Crippen molar-refractivity contribution >= 4 is 11.6 Å². The van der Waals surface area contributed by atoms with Crippen molar-refractivity contribution in [1.82, 2.24) is 4.90 Å². The van der Waals surface area contributed by atoms with Crippen LogP contribution in [0.2, 0.25) is 0 Å². The van der Waals surface area contributed by atoms with Gasteiger partial charge < -0.3 is 15.7 Å². The van der Waals surface area contributed by atoms with E-state index in [1.165, 1.54) is 0 Å². The second-order valence-corrected chi connectivity index (χ2v) is 4.04. The first-order valence-corrected chi connectivity index (χ1v) is 5.98. The van der Waals surface area contributed by atoms with Gasteiger partial charge in [0, 0.05) is 13.1 Å². The number of benzene rings is 1. The quantitative estimate of drug-likeness (QED) is 0.608. The highest BCUT2D eigenvalue weighted by Crippen LogP contribution is 2.25. The van der Waals surface area contributed by atoms with E-state index in [0.29, 0.717) is 13.1 Å². The smallest absolute Gasteiger partial charge is 0.257 e. The van der Waals surface area contributed by atoms with Crippen LogP contribution in [0.15, 0.2) is 18.2 Å². The molecule has 0 spiro atoms. The van der Waals surface area contributed by atoms with E-state index in [9.17, 15) is 9.90 Å². The lowest BCUT2D eigenvalue weighted by Gasteiger charge is -2.22. The van der Waals surface area contributed by atoms with Crippen molar-refractivity contribution in [2.45, 2.75) is 26.7 Å². The van der Waals surface area contributed by atoms with Crippen molar-refractivity contribution in [3.05, 3.63) is 23.8 Å². The Labute approximate surface area is 102 Å². The van der Waals surface area contributed by atoms with Crippen molar-refractivity contribution in [3.8, 4) is 5.75 Å². The zero-order valence-corrected chi connectivity index (χ0v) is 10.4. The summed E-state index contributed by atoms with van der Waals surface area (Å²) >= 11 is 0. The van der Waals surface area contributed by atoms with Crippen LogP contribution < -0.4 is 5.73 Å².